The number of carbonyl (C=O) groups is 4. The smallest absolute Gasteiger partial charge is 0.410 e. The third-order valence-electron chi connectivity index (χ3n) is 13.1. The maximum Gasteiger partial charge on any atom is 0.410 e. The molecule has 5 rings (SSSR count). The van der Waals surface area contributed by atoms with E-state index in [9.17, 15) is 24.3 Å². The number of amides is 1. The topological polar surface area (TPSA) is 185 Å². The molecule has 0 bridgehead atoms. The summed E-state index contributed by atoms with van der Waals surface area (Å²) in [4.78, 5) is 64.6. The van der Waals surface area contributed by atoms with Gasteiger partial charge in [0, 0.05) is 61.4 Å². The number of ether oxygens (including phenoxy) is 5. The average Bonchev–Trinajstić information content (AvgIpc) is 3.78. The second-order valence-electron chi connectivity index (χ2n) is 17.9. The first-order valence-electron chi connectivity index (χ1n) is 21.1. The average molecular weight is 844 g/mol. The van der Waals surface area contributed by atoms with Crippen LogP contribution in [0.2, 0.25) is 0 Å². The number of cyclic esters (lactones) is 1. The Labute approximate surface area is 353 Å². The summed E-state index contributed by atoms with van der Waals surface area (Å²) in [6.45, 7) is 13.3. The van der Waals surface area contributed by atoms with Crippen LogP contribution in [0.1, 0.15) is 87.5 Å². The molecular formula is C44H66FN5O10. The first kappa shape index (κ1) is 47.1. The van der Waals surface area contributed by atoms with Crippen LogP contribution in [0.15, 0.2) is 36.8 Å². The molecule has 0 aliphatic carbocycles. The van der Waals surface area contributed by atoms with Crippen molar-refractivity contribution < 1.29 is 52.4 Å². The highest BCUT2D eigenvalue weighted by Crippen LogP contribution is 2.44. The summed E-state index contributed by atoms with van der Waals surface area (Å²) in [5.74, 6) is -5.80. The second-order valence-corrected chi connectivity index (χ2v) is 17.9. The number of Topliss-reactive ketones (excluding diaryl/α,β-unsaturated/α-hetero) is 2. The Morgan fingerprint density at radius 3 is 2.28 bits per heavy atom. The molecule has 4 heterocycles. The largest absolute Gasteiger partial charge is 0.455 e. The van der Waals surface area contributed by atoms with Gasteiger partial charge in [0.25, 0.3) is 5.67 Å². The first-order valence-corrected chi connectivity index (χ1v) is 21.1. The molecule has 1 aromatic heterocycles. The Morgan fingerprint density at radius 2 is 1.67 bits per heavy atom. The molecule has 0 spiro atoms. The summed E-state index contributed by atoms with van der Waals surface area (Å²) in [5.41, 5.74) is 2.00. The molecule has 13 atom stereocenters. The lowest BCUT2D eigenvalue weighted by molar-refractivity contribution is -0.295. The monoisotopic (exact) mass is 843 g/mol. The number of carbonyl (C=O) groups excluding carboxylic acids is 4. The van der Waals surface area contributed by atoms with Gasteiger partial charge in [-0.2, -0.15) is 0 Å². The van der Waals surface area contributed by atoms with E-state index in [1.165, 1.54) is 18.9 Å². The number of anilines is 1. The maximum absolute atomic E-state index is 16.9. The van der Waals surface area contributed by atoms with E-state index in [1.54, 1.807) is 40.9 Å². The van der Waals surface area contributed by atoms with E-state index < -0.39 is 83.1 Å². The molecule has 3 aliphatic rings. The van der Waals surface area contributed by atoms with Crippen molar-refractivity contribution in [3.8, 4) is 11.3 Å². The molecule has 15 nitrogen and oxygen atoms in total. The Morgan fingerprint density at radius 1 is 1.02 bits per heavy atom. The van der Waals surface area contributed by atoms with Crippen molar-refractivity contribution in [2.45, 2.75) is 154 Å². The molecule has 0 radical (unpaired) electrons. The number of ketones is 2. The Hall–Kier alpha value is -3.96. The van der Waals surface area contributed by atoms with Gasteiger partial charge in [0.15, 0.2) is 17.7 Å². The minimum absolute atomic E-state index is 0.00338. The lowest BCUT2D eigenvalue weighted by atomic mass is 9.73. The van der Waals surface area contributed by atoms with Crippen LogP contribution >= 0.6 is 0 Å². The normalized spacial score (nSPS) is 37.1. The number of unbranched alkanes of at least 4 members (excludes halogenated alkanes) is 1. The Balaban J connectivity index is 1.45. The fourth-order valence-corrected chi connectivity index (χ4v) is 9.57. The zero-order valence-corrected chi connectivity index (χ0v) is 37.1. The van der Waals surface area contributed by atoms with E-state index >= 15 is 4.39 Å². The van der Waals surface area contributed by atoms with Gasteiger partial charge in [-0.1, -0.05) is 39.8 Å². The number of hydrogen-bond donors (Lipinski definition) is 2. The number of nitrogen functional groups attached to an aromatic ring is 1. The van der Waals surface area contributed by atoms with Crippen LogP contribution in [0.5, 0.6) is 0 Å². The number of halogens is 1. The van der Waals surface area contributed by atoms with Crippen LogP contribution < -0.4 is 5.73 Å². The number of rotatable bonds is 11. The van der Waals surface area contributed by atoms with Gasteiger partial charge in [0.1, 0.15) is 18.0 Å². The summed E-state index contributed by atoms with van der Waals surface area (Å²) >= 11 is 0. The summed E-state index contributed by atoms with van der Waals surface area (Å²) < 4.78 is 49.5. The number of hydrogen-bond acceptors (Lipinski definition) is 13. The van der Waals surface area contributed by atoms with Crippen molar-refractivity contribution >= 4 is 29.3 Å². The van der Waals surface area contributed by atoms with Crippen molar-refractivity contribution in [3.63, 3.8) is 0 Å². The number of aliphatic hydroxyl groups is 1. The fourth-order valence-electron chi connectivity index (χ4n) is 9.57. The molecule has 3 N–H and O–H groups in total. The Kier molecular flexibility index (Phi) is 14.6. The molecule has 1 aromatic carbocycles. The number of aromatic nitrogens is 2. The molecule has 1 amide bonds. The van der Waals surface area contributed by atoms with Crippen molar-refractivity contribution in [3.05, 3.63) is 36.8 Å². The van der Waals surface area contributed by atoms with Crippen LogP contribution in [-0.2, 0) is 44.6 Å². The number of imidazole rings is 1. The van der Waals surface area contributed by atoms with E-state index in [0.29, 0.717) is 31.5 Å². The molecule has 3 aliphatic heterocycles. The SMILES string of the molecule is CC[C@H]1OC(=O)[C@@](C)(F)C(=O)[C@H](C)[C@@H](O[C@@H]2O[C@H](C)C[C@H](N(C)C)[C@H]2O)[C@](C)(OC)C[C@@H](C)C(=O)[C@H](C)[C@H]2N(CCCCn3cnc(-c4ccc(N)cc4)c3)C(=O)O[C@]12C. The minimum atomic E-state index is -3.18. The number of aliphatic hydroxyl groups excluding tert-OH is 1. The van der Waals surface area contributed by atoms with Gasteiger partial charge in [-0.3, -0.25) is 9.59 Å². The highest BCUT2D eigenvalue weighted by Gasteiger charge is 2.61. The van der Waals surface area contributed by atoms with E-state index in [0.717, 1.165) is 18.2 Å². The lowest BCUT2D eigenvalue weighted by Crippen LogP contribution is -2.61. The van der Waals surface area contributed by atoms with Crippen molar-refractivity contribution in [1.29, 1.82) is 0 Å². The van der Waals surface area contributed by atoms with Gasteiger partial charge < -0.3 is 48.9 Å². The van der Waals surface area contributed by atoms with Gasteiger partial charge in [-0.25, -0.2) is 19.0 Å². The van der Waals surface area contributed by atoms with Crippen molar-refractivity contribution in [1.82, 2.24) is 19.4 Å². The number of likely N-dealkylation sites (N-methyl/N-ethyl adjacent to an activating group) is 1. The fraction of sp³-hybridized carbons (Fsp3) is 0.705. The molecule has 3 saturated heterocycles. The molecule has 2 aromatic rings. The van der Waals surface area contributed by atoms with Crippen LogP contribution in [0.3, 0.4) is 0 Å². The van der Waals surface area contributed by atoms with Gasteiger partial charge in [-0.05, 0) is 86.0 Å². The number of methoxy groups -OCH3 is 1. The van der Waals surface area contributed by atoms with Crippen LogP contribution in [0.4, 0.5) is 14.9 Å². The van der Waals surface area contributed by atoms with E-state index in [1.807, 2.05) is 60.9 Å². The molecule has 334 valence electrons. The number of benzene rings is 1. The van der Waals surface area contributed by atoms with Crippen LogP contribution in [0.25, 0.3) is 11.3 Å². The third kappa shape index (κ3) is 9.42. The van der Waals surface area contributed by atoms with Gasteiger partial charge in [0.05, 0.1) is 35.9 Å². The van der Waals surface area contributed by atoms with E-state index in [-0.39, 0.29) is 37.3 Å². The van der Waals surface area contributed by atoms with Gasteiger partial charge in [0.2, 0.25) is 0 Å². The second kappa shape index (κ2) is 18.6. The first-order chi connectivity index (χ1) is 28.1. The number of nitrogens with two attached hydrogens (primary N) is 1. The molecule has 0 unspecified atom stereocenters. The maximum atomic E-state index is 16.9. The van der Waals surface area contributed by atoms with Gasteiger partial charge >= 0.3 is 12.1 Å². The van der Waals surface area contributed by atoms with E-state index in [2.05, 4.69) is 4.98 Å². The number of aryl methyl sites for hydroxylation is 1. The number of alkyl halides is 1. The number of esters is 1. The third-order valence-corrected chi connectivity index (χ3v) is 13.1. The minimum Gasteiger partial charge on any atom is -0.455 e. The predicted octanol–water partition coefficient (Wildman–Crippen LogP) is 5.21. The summed E-state index contributed by atoms with van der Waals surface area (Å²) in [6, 6.07) is 6.15. The molecular weight excluding hydrogens is 778 g/mol. The quantitative estimate of drug-likeness (QED) is 0.130. The van der Waals surface area contributed by atoms with Crippen molar-refractivity contribution in [2.75, 3.05) is 33.5 Å². The number of nitrogens with zero attached hydrogens (tertiary/aromatic N) is 4. The van der Waals surface area contributed by atoms with E-state index in [4.69, 9.17) is 29.4 Å². The summed E-state index contributed by atoms with van der Waals surface area (Å²) in [7, 11) is 5.05. The van der Waals surface area contributed by atoms with Crippen LogP contribution in [0, 0.1) is 17.8 Å². The molecule has 60 heavy (non-hydrogen) atoms. The zero-order valence-electron chi connectivity index (χ0n) is 37.1. The molecule has 3 fully saturated rings. The lowest BCUT2D eigenvalue weighted by Gasteiger charge is -2.47. The molecule has 16 heteroatoms. The standard InChI is InChI=1S/C44H66FN5O10/c1-12-33-44(8)36(50(41(55)60-44)20-14-13-19-49-23-31(47-24-49)29-15-17-30(46)18-16-29)27(4)34(51)25(2)22-42(6,56-11)38(28(5)37(53)43(7,45)40(54)58-33)59-39-35(52)32(48(9)10)21-26(3)57-39/h15-18,23-28,32-33,35-36,38-39,52H,12-14,19-22,46H2,1-11H3/t25-,26-,27+,28+,32+,33-,35-,36-,38-,39+,42-,43+,44-/m1/s1. The highest BCUT2D eigenvalue weighted by molar-refractivity contribution is 6.08. The highest BCUT2D eigenvalue weighted by atomic mass is 19.1. The van der Waals surface area contributed by atoms with Crippen LogP contribution in [-0.4, -0.2) is 135 Å². The van der Waals surface area contributed by atoms with Crippen molar-refractivity contribution in [2.24, 2.45) is 17.8 Å². The molecule has 0 saturated carbocycles. The summed E-state index contributed by atoms with van der Waals surface area (Å²) in [6.07, 6.45) is -0.531. The predicted molar refractivity (Wildman–Crippen MR) is 221 cm³/mol. The van der Waals surface area contributed by atoms with Gasteiger partial charge in [-0.15, -0.1) is 0 Å². The Bertz CT molecular complexity index is 1840. The zero-order chi connectivity index (χ0) is 44.5. The number of fused-ring (bicyclic) bond motifs is 1. The summed E-state index contributed by atoms with van der Waals surface area (Å²) in [5, 5.41) is 11.4.